The molecule has 0 saturated heterocycles. The van der Waals surface area contributed by atoms with Crippen molar-refractivity contribution in [1.29, 1.82) is 0 Å². The molecule has 0 N–H and O–H groups in total. The number of hydrogen-bond donors (Lipinski definition) is 0. The molecule has 0 spiro atoms. The minimum atomic E-state index is -4.22. The van der Waals surface area contributed by atoms with Gasteiger partial charge in [-0.15, -0.1) is 0 Å². The number of benzene rings is 1. The van der Waals surface area contributed by atoms with E-state index < -0.39 is 12.6 Å². The summed E-state index contributed by atoms with van der Waals surface area (Å²) in [6.07, 6.45) is -5.17. The molecule has 2 rings (SSSR count). The smallest absolute Gasteiger partial charge is 0.334 e. The first kappa shape index (κ1) is 12.0. The van der Waals surface area contributed by atoms with Crippen molar-refractivity contribution in [3.05, 3.63) is 34.9 Å². The van der Waals surface area contributed by atoms with Crippen molar-refractivity contribution in [2.75, 3.05) is 6.54 Å². The molecule has 0 radical (unpaired) electrons. The van der Waals surface area contributed by atoms with Crippen LogP contribution in [0.15, 0.2) is 18.2 Å². The van der Waals surface area contributed by atoms with Crippen molar-refractivity contribution < 1.29 is 18.0 Å². The molecule has 0 atom stereocenters. The van der Waals surface area contributed by atoms with Crippen molar-refractivity contribution >= 4 is 5.91 Å². The fraction of sp³-hybridized carbons (Fsp3) is 0.417. The Morgan fingerprint density at radius 3 is 2.65 bits per heavy atom. The summed E-state index contributed by atoms with van der Waals surface area (Å²) in [5.41, 5.74) is 2.20. The molecular formula is C12H12F3NO. The van der Waals surface area contributed by atoms with Crippen LogP contribution in [0.25, 0.3) is 0 Å². The Hall–Kier alpha value is -1.52. The molecule has 2 nitrogen and oxygen atoms in total. The van der Waals surface area contributed by atoms with Gasteiger partial charge in [-0.2, -0.15) is 13.2 Å². The van der Waals surface area contributed by atoms with Crippen molar-refractivity contribution in [3.63, 3.8) is 0 Å². The number of carbonyl (C=O) groups is 1. The summed E-state index contributed by atoms with van der Waals surface area (Å²) in [6, 6.07) is 5.40. The van der Waals surface area contributed by atoms with E-state index in [-0.39, 0.29) is 19.0 Å². The molecule has 0 unspecified atom stereocenters. The summed E-state index contributed by atoms with van der Waals surface area (Å²) < 4.78 is 36.3. The topological polar surface area (TPSA) is 20.3 Å². The number of alkyl halides is 3. The van der Waals surface area contributed by atoms with Gasteiger partial charge >= 0.3 is 6.18 Å². The van der Waals surface area contributed by atoms with E-state index in [1.54, 1.807) is 19.1 Å². The molecule has 0 aromatic heterocycles. The van der Waals surface area contributed by atoms with Crippen LogP contribution in [0.2, 0.25) is 0 Å². The average molecular weight is 243 g/mol. The van der Waals surface area contributed by atoms with Gasteiger partial charge in [0.2, 0.25) is 0 Å². The van der Waals surface area contributed by atoms with E-state index in [2.05, 4.69) is 0 Å². The van der Waals surface area contributed by atoms with Crippen LogP contribution in [0, 0.1) is 6.92 Å². The second-order valence-electron chi connectivity index (χ2n) is 4.20. The van der Waals surface area contributed by atoms with Gasteiger partial charge in [-0.1, -0.05) is 18.2 Å². The molecule has 1 aliphatic heterocycles. The first-order valence-electron chi connectivity index (χ1n) is 5.33. The predicted molar refractivity (Wildman–Crippen MR) is 56.6 cm³/mol. The zero-order valence-corrected chi connectivity index (χ0v) is 9.34. The summed E-state index contributed by atoms with van der Waals surface area (Å²) >= 11 is 0. The van der Waals surface area contributed by atoms with Crippen LogP contribution in [0.4, 0.5) is 13.2 Å². The molecule has 0 fully saturated rings. The predicted octanol–water partition coefficient (Wildman–Crippen LogP) is 2.90. The number of carbonyl (C=O) groups excluding carboxylic acids is 1. The SMILES string of the molecule is Cc1cccc2c1C(=O)N(CCC(F)(F)F)C2. The van der Waals surface area contributed by atoms with Crippen LogP contribution < -0.4 is 0 Å². The monoisotopic (exact) mass is 243 g/mol. The lowest BCUT2D eigenvalue weighted by Gasteiger charge is -2.16. The molecule has 5 heteroatoms. The second-order valence-corrected chi connectivity index (χ2v) is 4.20. The fourth-order valence-electron chi connectivity index (χ4n) is 2.04. The third kappa shape index (κ3) is 2.43. The molecule has 1 amide bonds. The van der Waals surface area contributed by atoms with Gasteiger partial charge in [0.25, 0.3) is 5.91 Å². The Balaban J connectivity index is 2.13. The number of rotatable bonds is 2. The maximum atomic E-state index is 12.1. The first-order chi connectivity index (χ1) is 7.88. The molecule has 1 aromatic carbocycles. The highest BCUT2D eigenvalue weighted by atomic mass is 19.4. The van der Waals surface area contributed by atoms with Gasteiger partial charge in [0.15, 0.2) is 0 Å². The van der Waals surface area contributed by atoms with Crippen LogP contribution in [0.1, 0.15) is 27.9 Å². The number of hydrogen-bond acceptors (Lipinski definition) is 1. The molecule has 1 aliphatic rings. The van der Waals surface area contributed by atoms with E-state index >= 15 is 0 Å². The van der Waals surface area contributed by atoms with Gasteiger partial charge in [-0.05, 0) is 18.1 Å². The van der Waals surface area contributed by atoms with Gasteiger partial charge in [-0.3, -0.25) is 4.79 Å². The van der Waals surface area contributed by atoms with E-state index in [1.807, 2.05) is 6.07 Å². The lowest BCUT2D eigenvalue weighted by Crippen LogP contribution is -2.28. The Morgan fingerprint density at radius 1 is 1.35 bits per heavy atom. The van der Waals surface area contributed by atoms with Crippen molar-refractivity contribution in [2.24, 2.45) is 0 Å². The molecule has 1 aromatic rings. The summed E-state index contributed by atoms with van der Waals surface area (Å²) in [4.78, 5) is 13.1. The van der Waals surface area contributed by atoms with Gasteiger partial charge in [-0.25, -0.2) is 0 Å². The van der Waals surface area contributed by atoms with Gasteiger partial charge in [0.1, 0.15) is 0 Å². The molecule has 92 valence electrons. The van der Waals surface area contributed by atoms with Crippen LogP contribution in [0.3, 0.4) is 0 Å². The number of fused-ring (bicyclic) bond motifs is 1. The van der Waals surface area contributed by atoms with Gasteiger partial charge in [0, 0.05) is 18.7 Å². The Labute approximate surface area is 97.0 Å². The minimum Gasteiger partial charge on any atom is -0.334 e. The van der Waals surface area contributed by atoms with E-state index in [0.717, 1.165) is 11.1 Å². The van der Waals surface area contributed by atoms with E-state index in [0.29, 0.717) is 5.56 Å². The standard InChI is InChI=1S/C12H12F3NO/c1-8-3-2-4-9-7-16(11(17)10(8)9)6-5-12(13,14)15/h2-4H,5-7H2,1H3. The van der Waals surface area contributed by atoms with Crippen molar-refractivity contribution in [1.82, 2.24) is 4.90 Å². The molecule has 1 heterocycles. The normalized spacial score (nSPS) is 15.3. The maximum absolute atomic E-state index is 12.1. The van der Waals surface area contributed by atoms with Crippen LogP contribution in [-0.2, 0) is 6.54 Å². The zero-order valence-electron chi connectivity index (χ0n) is 9.34. The number of aryl methyl sites for hydroxylation is 1. The fourth-order valence-corrected chi connectivity index (χ4v) is 2.04. The highest BCUT2D eigenvalue weighted by Crippen LogP contribution is 2.27. The lowest BCUT2D eigenvalue weighted by molar-refractivity contribution is -0.136. The highest BCUT2D eigenvalue weighted by molar-refractivity contribution is 5.99. The van der Waals surface area contributed by atoms with E-state index in [4.69, 9.17) is 0 Å². The Kier molecular flexibility index (Phi) is 2.85. The summed E-state index contributed by atoms with van der Waals surface area (Å²) in [5.74, 6) is -0.289. The largest absolute Gasteiger partial charge is 0.390 e. The molecule has 0 bridgehead atoms. The molecule has 0 aliphatic carbocycles. The number of nitrogens with zero attached hydrogens (tertiary/aromatic N) is 1. The van der Waals surface area contributed by atoms with Gasteiger partial charge < -0.3 is 4.90 Å². The summed E-state index contributed by atoms with van der Waals surface area (Å²) in [5, 5.41) is 0. The van der Waals surface area contributed by atoms with Gasteiger partial charge in [0.05, 0.1) is 6.42 Å². The average Bonchev–Trinajstić information content (AvgIpc) is 2.53. The third-order valence-corrected chi connectivity index (χ3v) is 2.89. The minimum absolute atomic E-state index is 0.267. The molecule has 17 heavy (non-hydrogen) atoms. The maximum Gasteiger partial charge on any atom is 0.390 e. The first-order valence-corrected chi connectivity index (χ1v) is 5.33. The zero-order chi connectivity index (χ0) is 12.6. The lowest BCUT2D eigenvalue weighted by atomic mass is 10.0. The summed E-state index contributed by atoms with van der Waals surface area (Å²) in [7, 11) is 0. The number of halogens is 3. The second kappa shape index (κ2) is 4.05. The Bertz CT molecular complexity index is 454. The van der Waals surface area contributed by atoms with Crippen molar-refractivity contribution in [2.45, 2.75) is 26.1 Å². The third-order valence-electron chi connectivity index (χ3n) is 2.89. The van der Waals surface area contributed by atoms with E-state index in [1.165, 1.54) is 4.90 Å². The van der Waals surface area contributed by atoms with Crippen LogP contribution >= 0.6 is 0 Å². The van der Waals surface area contributed by atoms with Crippen molar-refractivity contribution in [3.8, 4) is 0 Å². The molecule has 0 saturated carbocycles. The summed E-state index contributed by atoms with van der Waals surface area (Å²) in [6.45, 7) is 1.81. The Morgan fingerprint density at radius 2 is 2.06 bits per heavy atom. The quantitative estimate of drug-likeness (QED) is 0.782. The highest BCUT2D eigenvalue weighted by Gasteiger charge is 2.33. The van der Waals surface area contributed by atoms with E-state index in [9.17, 15) is 18.0 Å². The van der Waals surface area contributed by atoms with Crippen LogP contribution in [-0.4, -0.2) is 23.5 Å². The molecular weight excluding hydrogens is 231 g/mol. The van der Waals surface area contributed by atoms with Crippen LogP contribution in [0.5, 0.6) is 0 Å². The number of amides is 1.